The molecule has 136 valence electrons. The predicted molar refractivity (Wildman–Crippen MR) is 101 cm³/mol. The van der Waals surface area contributed by atoms with Crippen LogP contribution < -0.4 is 29.6 Å². The van der Waals surface area contributed by atoms with Crippen molar-refractivity contribution in [2.24, 2.45) is 0 Å². The molecular weight excluding hydrogens is 356 g/mol. The van der Waals surface area contributed by atoms with Crippen molar-refractivity contribution in [2.45, 2.75) is 0 Å². The Morgan fingerprint density at radius 1 is 1.04 bits per heavy atom. The van der Waals surface area contributed by atoms with E-state index in [-0.39, 0.29) is 11.0 Å². The second-order valence-corrected chi connectivity index (χ2v) is 5.74. The third kappa shape index (κ3) is 3.97. The van der Waals surface area contributed by atoms with Crippen LogP contribution in [0.15, 0.2) is 36.4 Å². The van der Waals surface area contributed by atoms with Crippen LogP contribution in [0.1, 0.15) is 10.4 Å². The SMILES string of the molecule is COc1ccc(OC)c(NC(=S)NC(=O)c2ccc3c(c2)OCCO3)c1. The maximum Gasteiger partial charge on any atom is 0.257 e. The number of fused-ring (bicyclic) bond motifs is 1. The molecule has 0 aromatic heterocycles. The Bertz CT molecular complexity index is 840. The van der Waals surface area contributed by atoms with Crippen LogP contribution >= 0.6 is 12.2 Å². The number of nitrogens with one attached hydrogen (secondary N) is 2. The molecule has 0 aliphatic carbocycles. The van der Waals surface area contributed by atoms with Gasteiger partial charge < -0.3 is 24.3 Å². The molecule has 1 aliphatic heterocycles. The summed E-state index contributed by atoms with van der Waals surface area (Å²) in [6.45, 7) is 0.947. The zero-order valence-electron chi connectivity index (χ0n) is 14.3. The predicted octanol–water partition coefficient (Wildman–Crippen LogP) is 2.60. The minimum absolute atomic E-state index is 0.136. The summed E-state index contributed by atoms with van der Waals surface area (Å²) in [5.41, 5.74) is 0.996. The minimum atomic E-state index is -0.360. The number of amides is 1. The lowest BCUT2D eigenvalue weighted by molar-refractivity contribution is 0.0976. The molecule has 8 heteroatoms. The number of methoxy groups -OCH3 is 2. The molecule has 26 heavy (non-hydrogen) atoms. The van der Waals surface area contributed by atoms with Gasteiger partial charge in [-0.15, -0.1) is 0 Å². The van der Waals surface area contributed by atoms with Gasteiger partial charge in [0, 0.05) is 11.6 Å². The Morgan fingerprint density at radius 3 is 2.54 bits per heavy atom. The van der Waals surface area contributed by atoms with Gasteiger partial charge in [0.15, 0.2) is 16.6 Å². The first-order valence-corrected chi connectivity index (χ1v) is 8.25. The number of benzene rings is 2. The van der Waals surface area contributed by atoms with Crippen LogP contribution in [-0.4, -0.2) is 38.5 Å². The molecule has 2 aromatic carbocycles. The van der Waals surface area contributed by atoms with Crippen LogP contribution in [0.5, 0.6) is 23.0 Å². The topological polar surface area (TPSA) is 78.1 Å². The molecule has 0 atom stereocenters. The van der Waals surface area contributed by atoms with Crippen LogP contribution in [0.2, 0.25) is 0 Å². The highest BCUT2D eigenvalue weighted by molar-refractivity contribution is 7.80. The van der Waals surface area contributed by atoms with E-state index < -0.39 is 0 Å². The monoisotopic (exact) mass is 374 g/mol. The lowest BCUT2D eigenvalue weighted by Crippen LogP contribution is -2.34. The summed E-state index contributed by atoms with van der Waals surface area (Å²) in [5, 5.41) is 5.70. The number of anilines is 1. The summed E-state index contributed by atoms with van der Waals surface area (Å²) < 4.78 is 21.4. The van der Waals surface area contributed by atoms with E-state index >= 15 is 0 Å². The lowest BCUT2D eigenvalue weighted by Gasteiger charge is -2.19. The fraction of sp³-hybridized carbons (Fsp3) is 0.222. The average molecular weight is 374 g/mol. The lowest BCUT2D eigenvalue weighted by atomic mass is 10.2. The summed E-state index contributed by atoms with van der Waals surface area (Å²) in [5.74, 6) is 2.00. The number of carbonyl (C=O) groups is 1. The maximum atomic E-state index is 12.4. The zero-order chi connectivity index (χ0) is 18.5. The highest BCUT2D eigenvalue weighted by Crippen LogP contribution is 2.31. The molecule has 0 spiro atoms. The number of thiocarbonyl (C=S) groups is 1. The molecule has 0 saturated carbocycles. The van der Waals surface area contributed by atoms with E-state index in [1.165, 1.54) is 0 Å². The van der Waals surface area contributed by atoms with E-state index in [2.05, 4.69) is 10.6 Å². The molecule has 2 N–H and O–H groups in total. The van der Waals surface area contributed by atoms with E-state index in [0.29, 0.717) is 47.5 Å². The van der Waals surface area contributed by atoms with Crippen molar-refractivity contribution in [2.75, 3.05) is 32.8 Å². The molecule has 7 nitrogen and oxygen atoms in total. The normalized spacial score (nSPS) is 12.1. The van der Waals surface area contributed by atoms with E-state index in [9.17, 15) is 4.79 Å². The second kappa shape index (κ2) is 7.92. The Labute approximate surface area is 156 Å². The largest absolute Gasteiger partial charge is 0.497 e. The fourth-order valence-corrected chi connectivity index (χ4v) is 2.63. The average Bonchev–Trinajstić information content (AvgIpc) is 2.67. The molecular formula is C18H18N2O5S. The molecule has 0 fully saturated rings. The molecule has 3 rings (SSSR count). The third-order valence-electron chi connectivity index (χ3n) is 3.69. The second-order valence-electron chi connectivity index (χ2n) is 5.33. The van der Waals surface area contributed by atoms with Crippen LogP contribution in [0.3, 0.4) is 0 Å². The number of carbonyl (C=O) groups excluding carboxylic acids is 1. The van der Waals surface area contributed by atoms with Crippen LogP contribution in [0, 0.1) is 0 Å². The number of hydrogen-bond acceptors (Lipinski definition) is 6. The molecule has 1 aliphatic rings. The highest BCUT2D eigenvalue weighted by Gasteiger charge is 2.16. The van der Waals surface area contributed by atoms with E-state index in [1.807, 2.05) is 0 Å². The molecule has 1 amide bonds. The van der Waals surface area contributed by atoms with Crippen molar-refractivity contribution in [3.8, 4) is 23.0 Å². The van der Waals surface area contributed by atoms with Crippen LogP contribution in [0.25, 0.3) is 0 Å². The van der Waals surface area contributed by atoms with Crippen molar-refractivity contribution in [1.82, 2.24) is 5.32 Å². The maximum absolute atomic E-state index is 12.4. The van der Waals surface area contributed by atoms with Crippen molar-refractivity contribution < 1.29 is 23.7 Å². The van der Waals surface area contributed by atoms with Gasteiger partial charge in [0.25, 0.3) is 5.91 Å². The van der Waals surface area contributed by atoms with Gasteiger partial charge >= 0.3 is 0 Å². The first-order chi connectivity index (χ1) is 12.6. The van der Waals surface area contributed by atoms with Crippen molar-refractivity contribution >= 4 is 28.9 Å². The Kier molecular flexibility index (Phi) is 5.43. The Balaban J connectivity index is 1.69. The standard InChI is InChI=1S/C18H18N2O5S/c1-22-12-4-6-14(23-2)13(10-12)19-18(26)20-17(21)11-3-5-15-16(9-11)25-8-7-24-15/h3-6,9-10H,7-8H2,1-2H3,(H2,19,20,21,26). The Morgan fingerprint density at radius 2 is 1.81 bits per heavy atom. The van der Waals surface area contributed by atoms with Gasteiger partial charge in [-0.3, -0.25) is 10.1 Å². The molecule has 0 bridgehead atoms. The molecule has 0 unspecified atom stereocenters. The summed E-state index contributed by atoms with van der Waals surface area (Å²) in [7, 11) is 3.11. The van der Waals surface area contributed by atoms with E-state index in [1.54, 1.807) is 50.6 Å². The number of ether oxygens (including phenoxy) is 4. The van der Waals surface area contributed by atoms with Gasteiger partial charge in [0.1, 0.15) is 24.7 Å². The smallest absolute Gasteiger partial charge is 0.257 e. The molecule has 1 heterocycles. The fourth-order valence-electron chi connectivity index (χ4n) is 2.43. The quantitative estimate of drug-likeness (QED) is 0.797. The van der Waals surface area contributed by atoms with Gasteiger partial charge in [-0.1, -0.05) is 0 Å². The summed E-state index contributed by atoms with van der Waals surface area (Å²) in [4.78, 5) is 12.4. The first kappa shape index (κ1) is 17.8. The Hall–Kier alpha value is -3.00. The van der Waals surface area contributed by atoms with Gasteiger partial charge in [0.05, 0.1) is 19.9 Å². The van der Waals surface area contributed by atoms with Gasteiger partial charge in [0.2, 0.25) is 0 Å². The molecule has 0 radical (unpaired) electrons. The minimum Gasteiger partial charge on any atom is -0.497 e. The first-order valence-electron chi connectivity index (χ1n) is 7.84. The summed E-state index contributed by atoms with van der Waals surface area (Å²) >= 11 is 5.22. The zero-order valence-corrected chi connectivity index (χ0v) is 15.1. The third-order valence-corrected chi connectivity index (χ3v) is 3.89. The molecule has 0 saturated heterocycles. The number of rotatable bonds is 4. The summed E-state index contributed by atoms with van der Waals surface area (Å²) in [6.07, 6.45) is 0. The van der Waals surface area contributed by atoms with Crippen LogP contribution in [-0.2, 0) is 0 Å². The van der Waals surface area contributed by atoms with Crippen molar-refractivity contribution in [3.63, 3.8) is 0 Å². The molecule has 2 aromatic rings. The van der Waals surface area contributed by atoms with E-state index in [0.717, 1.165) is 0 Å². The van der Waals surface area contributed by atoms with E-state index in [4.69, 9.17) is 31.2 Å². The van der Waals surface area contributed by atoms with Crippen molar-refractivity contribution in [1.29, 1.82) is 0 Å². The highest BCUT2D eigenvalue weighted by atomic mass is 32.1. The van der Waals surface area contributed by atoms with Gasteiger partial charge in [-0.25, -0.2) is 0 Å². The van der Waals surface area contributed by atoms with Crippen LogP contribution in [0.4, 0.5) is 5.69 Å². The number of hydrogen-bond donors (Lipinski definition) is 2. The van der Waals surface area contributed by atoms with Gasteiger partial charge in [-0.2, -0.15) is 0 Å². The van der Waals surface area contributed by atoms with Crippen molar-refractivity contribution in [3.05, 3.63) is 42.0 Å². The van der Waals surface area contributed by atoms with Gasteiger partial charge in [-0.05, 0) is 42.5 Å². The summed E-state index contributed by atoms with van der Waals surface area (Å²) in [6, 6.07) is 10.2.